The maximum atomic E-state index is 12.5. The number of carbonyl (C=O) groups excluding carboxylic acids is 1. The second kappa shape index (κ2) is 8.61. The minimum atomic E-state index is -3.65. The zero-order chi connectivity index (χ0) is 21.1. The Morgan fingerprint density at radius 1 is 1.36 bits per heavy atom. The highest BCUT2D eigenvalue weighted by Gasteiger charge is 2.32. The van der Waals surface area contributed by atoms with Crippen molar-refractivity contribution in [1.82, 2.24) is 9.21 Å². The molecule has 1 atom stereocenters. The lowest BCUT2D eigenvalue weighted by atomic mass is 10.2. The summed E-state index contributed by atoms with van der Waals surface area (Å²) in [6.07, 6.45) is 5.80. The van der Waals surface area contributed by atoms with E-state index in [0.29, 0.717) is 17.7 Å². The summed E-state index contributed by atoms with van der Waals surface area (Å²) in [6.45, 7) is 1.76. The van der Waals surface area contributed by atoms with Gasteiger partial charge in [-0.1, -0.05) is 12.0 Å². The van der Waals surface area contributed by atoms with Gasteiger partial charge in [0.1, 0.15) is 0 Å². The summed E-state index contributed by atoms with van der Waals surface area (Å²) >= 11 is 0. The van der Waals surface area contributed by atoms with Gasteiger partial charge in [0.2, 0.25) is 15.9 Å². The molecule has 0 aromatic heterocycles. The summed E-state index contributed by atoms with van der Waals surface area (Å²) in [7, 11) is -3.87. The van der Waals surface area contributed by atoms with Gasteiger partial charge in [-0.05, 0) is 31.0 Å². The van der Waals surface area contributed by atoms with E-state index >= 15 is 0 Å². The van der Waals surface area contributed by atoms with E-state index in [1.165, 1.54) is 20.2 Å². The van der Waals surface area contributed by atoms with Gasteiger partial charge in [-0.25, -0.2) is 21.1 Å². The van der Waals surface area contributed by atoms with Crippen LogP contribution < -0.4 is 5.32 Å². The van der Waals surface area contributed by atoms with Crippen LogP contribution in [0.3, 0.4) is 0 Å². The van der Waals surface area contributed by atoms with Gasteiger partial charge >= 0.3 is 0 Å². The lowest BCUT2D eigenvalue weighted by Crippen LogP contribution is -2.41. The zero-order valence-corrected chi connectivity index (χ0v) is 17.8. The van der Waals surface area contributed by atoms with Crippen molar-refractivity contribution in [3.8, 4) is 12.3 Å². The number of terminal acetylenes is 1. The topological polar surface area (TPSA) is 104 Å². The predicted molar refractivity (Wildman–Crippen MR) is 108 cm³/mol. The Morgan fingerprint density at radius 2 is 2.04 bits per heavy atom. The van der Waals surface area contributed by atoms with Gasteiger partial charge in [-0.15, -0.1) is 6.42 Å². The summed E-state index contributed by atoms with van der Waals surface area (Å²) in [5.41, 5.74) is 0.910. The second-order valence-corrected chi connectivity index (χ2v) is 11.3. The molecule has 0 spiro atoms. The monoisotopic (exact) mass is 427 g/mol. The van der Waals surface area contributed by atoms with Crippen LogP contribution in [0.5, 0.6) is 0 Å². The molecule has 10 heteroatoms. The molecular formula is C18H25N3O5S2. The number of anilines is 1. The van der Waals surface area contributed by atoms with Crippen molar-refractivity contribution in [2.45, 2.75) is 24.3 Å². The average Bonchev–Trinajstić information content (AvgIpc) is 2.95. The summed E-state index contributed by atoms with van der Waals surface area (Å²) in [5, 5.41) is 2.67. The first kappa shape index (κ1) is 22.4. The van der Waals surface area contributed by atoms with Crippen molar-refractivity contribution in [2.75, 3.05) is 44.0 Å². The Balaban J connectivity index is 2.15. The second-order valence-electron chi connectivity index (χ2n) is 6.98. The van der Waals surface area contributed by atoms with Gasteiger partial charge in [0.15, 0.2) is 9.84 Å². The number of carbonyl (C=O) groups is 1. The molecule has 0 saturated carbocycles. The van der Waals surface area contributed by atoms with E-state index < -0.39 is 25.8 Å². The number of hydrogen-bond donors (Lipinski definition) is 1. The predicted octanol–water partition coefficient (Wildman–Crippen LogP) is 0.306. The fourth-order valence-electron chi connectivity index (χ4n) is 3.03. The first-order chi connectivity index (χ1) is 13.0. The van der Waals surface area contributed by atoms with Crippen LogP contribution in [-0.4, -0.2) is 76.7 Å². The van der Waals surface area contributed by atoms with Crippen molar-refractivity contribution in [3.05, 3.63) is 23.8 Å². The molecule has 1 heterocycles. The third-order valence-corrected chi connectivity index (χ3v) is 8.30. The quantitative estimate of drug-likeness (QED) is 0.628. The third-order valence-electron chi connectivity index (χ3n) is 4.60. The van der Waals surface area contributed by atoms with E-state index in [9.17, 15) is 21.6 Å². The molecule has 28 heavy (non-hydrogen) atoms. The number of nitrogens with one attached hydrogen (secondary N) is 1. The molecule has 1 aromatic carbocycles. The number of aryl methyl sites for hydroxylation is 1. The highest BCUT2D eigenvalue weighted by Crippen LogP contribution is 2.23. The van der Waals surface area contributed by atoms with Crippen LogP contribution in [0.2, 0.25) is 0 Å². The Morgan fingerprint density at radius 3 is 2.57 bits per heavy atom. The van der Waals surface area contributed by atoms with E-state index in [0.717, 1.165) is 4.31 Å². The molecule has 1 saturated heterocycles. The molecule has 1 amide bonds. The third kappa shape index (κ3) is 5.32. The molecule has 0 bridgehead atoms. The van der Waals surface area contributed by atoms with Crippen LogP contribution in [0.4, 0.5) is 5.69 Å². The molecule has 0 radical (unpaired) electrons. The molecule has 1 fully saturated rings. The number of rotatable bonds is 7. The van der Waals surface area contributed by atoms with Gasteiger partial charge in [-0.2, -0.15) is 0 Å². The summed E-state index contributed by atoms with van der Waals surface area (Å²) in [5.74, 6) is 2.14. The number of nitrogens with zero attached hydrogens (tertiary/aromatic N) is 2. The normalized spacial score (nSPS) is 18.9. The summed E-state index contributed by atoms with van der Waals surface area (Å²) in [4.78, 5) is 14.2. The largest absolute Gasteiger partial charge is 0.325 e. The number of benzene rings is 1. The van der Waals surface area contributed by atoms with Crippen LogP contribution in [-0.2, 0) is 24.7 Å². The molecule has 1 unspecified atom stereocenters. The van der Waals surface area contributed by atoms with E-state index in [1.54, 1.807) is 24.0 Å². The molecular weight excluding hydrogens is 402 g/mol. The zero-order valence-electron chi connectivity index (χ0n) is 16.2. The molecule has 154 valence electrons. The Bertz CT molecular complexity index is 995. The number of sulfonamides is 1. The van der Waals surface area contributed by atoms with Gasteiger partial charge in [0, 0.05) is 25.8 Å². The fraction of sp³-hybridized carbons (Fsp3) is 0.500. The van der Waals surface area contributed by atoms with Crippen molar-refractivity contribution < 1.29 is 21.6 Å². The maximum Gasteiger partial charge on any atom is 0.242 e. The van der Waals surface area contributed by atoms with E-state index in [-0.39, 0.29) is 35.5 Å². The smallest absolute Gasteiger partial charge is 0.242 e. The molecule has 1 N–H and O–H groups in total. The molecule has 1 aliphatic rings. The first-order valence-electron chi connectivity index (χ1n) is 8.67. The number of sulfone groups is 1. The molecule has 8 nitrogen and oxygen atoms in total. The minimum Gasteiger partial charge on any atom is -0.325 e. The van der Waals surface area contributed by atoms with Crippen molar-refractivity contribution in [1.29, 1.82) is 0 Å². The lowest BCUT2D eigenvalue weighted by Gasteiger charge is -2.25. The Kier molecular flexibility index (Phi) is 6.88. The Labute approximate surface area is 166 Å². The van der Waals surface area contributed by atoms with E-state index in [1.807, 2.05) is 0 Å². The van der Waals surface area contributed by atoms with Gasteiger partial charge in [0.25, 0.3) is 0 Å². The van der Waals surface area contributed by atoms with Gasteiger partial charge in [-0.3, -0.25) is 9.69 Å². The number of hydrogen-bond acceptors (Lipinski definition) is 6. The van der Waals surface area contributed by atoms with Crippen molar-refractivity contribution in [3.63, 3.8) is 0 Å². The van der Waals surface area contributed by atoms with E-state index in [2.05, 4.69) is 11.2 Å². The molecule has 2 rings (SSSR count). The molecule has 1 aromatic rings. The highest BCUT2D eigenvalue weighted by molar-refractivity contribution is 7.91. The minimum absolute atomic E-state index is 0.0162. The summed E-state index contributed by atoms with van der Waals surface area (Å²) < 4.78 is 49.3. The van der Waals surface area contributed by atoms with Crippen LogP contribution >= 0.6 is 0 Å². The van der Waals surface area contributed by atoms with Crippen molar-refractivity contribution in [2.24, 2.45) is 0 Å². The lowest BCUT2D eigenvalue weighted by molar-refractivity contribution is -0.117. The standard InChI is InChI=1S/C18H25N3O5S2/c1-5-9-21(16-8-10-27(23,24)13-16)12-18(22)19-15-7-6-14(2)17(11-15)28(25,26)20(3)4/h1,6-7,11,16H,8-10,12-13H2,2-4H3,(H,19,22). The highest BCUT2D eigenvalue weighted by atomic mass is 32.2. The van der Waals surface area contributed by atoms with Gasteiger partial charge < -0.3 is 5.32 Å². The van der Waals surface area contributed by atoms with Crippen molar-refractivity contribution >= 4 is 31.5 Å². The molecule has 0 aliphatic carbocycles. The fourth-order valence-corrected chi connectivity index (χ4v) is 5.94. The van der Waals surface area contributed by atoms with Crippen LogP contribution in [0.15, 0.2) is 23.1 Å². The molecule has 1 aliphatic heterocycles. The van der Waals surface area contributed by atoms with Crippen LogP contribution in [0.1, 0.15) is 12.0 Å². The van der Waals surface area contributed by atoms with Crippen LogP contribution in [0, 0.1) is 19.3 Å². The number of amides is 1. The Hall–Kier alpha value is -1.93. The SMILES string of the molecule is C#CCN(CC(=O)Nc1ccc(C)c(S(=O)(=O)N(C)C)c1)C1CCS(=O)(=O)C1. The maximum absolute atomic E-state index is 12.5. The average molecular weight is 428 g/mol. The first-order valence-corrected chi connectivity index (χ1v) is 11.9. The van der Waals surface area contributed by atoms with Crippen LogP contribution in [0.25, 0.3) is 0 Å². The van der Waals surface area contributed by atoms with Gasteiger partial charge in [0.05, 0.1) is 29.5 Å². The summed E-state index contributed by atoms with van der Waals surface area (Å²) in [6, 6.07) is 4.35. The van der Waals surface area contributed by atoms with E-state index in [4.69, 9.17) is 6.42 Å².